The molecule has 0 amide bonds. The summed E-state index contributed by atoms with van der Waals surface area (Å²) in [5.41, 5.74) is 6.26. The molecule has 1 N–H and O–H groups in total. The maximum atomic E-state index is 12.0. The number of hydrogen-bond acceptors (Lipinski definition) is 6. The lowest BCUT2D eigenvalue weighted by Gasteiger charge is -2.17. The molecule has 6 nitrogen and oxygen atoms in total. The van der Waals surface area contributed by atoms with Crippen LogP contribution in [0.15, 0.2) is 77.3 Å². The van der Waals surface area contributed by atoms with E-state index in [9.17, 15) is 4.79 Å². The Bertz CT molecular complexity index is 1300. The molecule has 5 rings (SSSR count). The average Bonchev–Trinajstić information content (AvgIpc) is 3.57. The second-order valence-corrected chi connectivity index (χ2v) is 9.00. The topological polar surface area (TPSA) is 77.2 Å². The maximum Gasteiger partial charge on any atom is 0.308 e. The Hall–Kier alpha value is -3.93. The van der Waals surface area contributed by atoms with Crippen molar-refractivity contribution in [3.05, 3.63) is 78.4 Å². The molecule has 1 aliphatic carbocycles. The van der Waals surface area contributed by atoms with Crippen molar-refractivity contribution in [3.8, 4) is 34.0 Å². The number of benzene rings is 3. The van der Waals surface area contributed by atoms with E-state index >= 15 is 0 Å². The fraction of sp³-hybridized carbons (Fsp3) is 0.276. The van der Waals surface area contributed by atoms with Gasteiger partial charge in [-0.1, -0.05) is 47.6 Å². The maximum absolute atomic E-state index is 12.0. The van der Waals surface area contributed by atoms with E-state index in [4.69, 9.17) is 9.26 Å². The van der Waals surface area contributed by atoms with Gasteiger partial charge in [0, 0.05) is 22.9 Å². The molecule has 0 bridgehead atoms. The summed E-state index contributed by atoms with van der Waals surface area (Å²) < 4.78 is 10.7. The Labute approximate surface area is 205 Å². The molecular formula is C29H29N3O3. The Morgan fingerprint density at radius 1 is 0.971 bits per heavy atom. The molecule has 3 aromatic carbocycles. The standard InChI is InChI=1S/C29H29N3O3/c1-3-34-29(33)24-13-15-25(18-24)30-26-16-14-23(17-19(26)2)27-31-28(35-32-27)22-11-9-21(10-12-22)20-7-5-4-6-8-20/h4-12,14,16-17,24-25,30H,3,13,15,18H2,1-2H3. The molecule has 0 saturated heterocycles. The molecule has 0 aliphatic heterocycles. The monoisotopic (exact) mass is 467 g/mol. The number of nitrogens with zero attached hydrogens (tertiary/aromatic N) is 2. The lowest BCUT2D eigenvalue weighted by atomic mass is 10.0. The molecule has 2 unspecified atom stereocenters. The number of anilines is 1. The highest BCUT2D eigenvalue weighted by atomic mass is 16.5. The number of esters is 1. The third-order valence-corrected chi connectivity index (χ3v) is 6.56. The van der Waals surface area contributed by atoms with Crippen LogP contribution in [0.1, 0.15) is 31.7 Å². The molecule has 1 aliphatic rings. The highest BCUT2D eigenvalue weighted by molar-refractivity contribution is 5.73. The van der Waals surface area contributed by atoms with Gasteiger partial charge in [0.1, 0.15) is 0 Å². The zero-order valence-corrected chi connectivity index (χ0v) is 20.0. The van der Waals surface area contributed by atoms with Crippen molar-refractivity contribution in [1.82, 2.24) is 10.1 Å². The number of carbonyl (C=O) groups is 1. The molecule has 2 atom stereocenters. The van der Waals surface area contributed by atoms with Crippen LogP contribution in [0.2, 0.25) is 0 Å². The molecule has 1 heterocycles. The van der Waals surface area contributed by atoms with Gasteiger partial charge in [-0.2, -0.15) is 4.98 Å². The lowest BCUT2D eigenvalue weighted by Crippen LogP contribution is -2.20. The summed E-state index contributed by atoms with van der Waals surface area (Å²) in [4.78, 5) is 16.6. The normalized spacial score (nSPS) is 17.3. The summed E-state index contributed by atoms with van der Waals surface area (Å²) in [6.07, 6.45) is 2.63. The average molecular weight is 468 g/mol. The Kier molecular flexibility index (Phi) is 6.62. The van der Waals surface area contributed by atoms with Crippen LogP contribution in [0, 0.1) is 12.8 Å². The third kappa shape index (κ3) is 5.11. The second kappa shape index (κ2) is 10.1. The smallest absolute Gasteiger partial charge is 0.308 e. The minimum atomic E-state index is -0.0773. The molecule has 6 heteroatoms. The van der Waals surface area contributed by atoms with Crippen LogP contribution in [0.4, 0.5) is 5.69 Å². The summed E-state index contributed by atoms with van der Waals surface area (Å²) in [6.45, 7) is 4.35. The van der Waals surface area contributed by atoms with Crippen LogP contribution in [0.5, 0.6) is 0 Å². The van der Waals surface area contributed by atoms with Crippen molar-refractivity contribution >= 4 is 11.7 Å². The quantitative estimate of drug-likeness (QED) is 0.312. The fourth-order valence-electron chi connectivity index (χ4n) is 4.67. The van der Waals surface area contributed by atoms with Gasteiger partial charge in [0.2, 0.25) is 5.82 Å². The van der Waals surface area contributed by atoms with Gasteiger partial charge in [0.05, 0.1) is 12.5 Å². The summed E-state index contributed by atoms with van der Waals surface area (Å²) in [6, 6.07) is 24.8. The molecule has 4 aromatic rings. The van der Waals surface area contributed by atoms with Crippen molar-refractivity contribution in [2.45, 2.75) is 39.2 Å². The van der Waals surface area contributed by atoms with Crippen LogP contribution in [-0.2, 0) is 9.53 Å². The minimum absolute atomic E-state index is 0.00783. The number of rotatable bonds is 7. The van der Waals surface area contributed by atoms with E-state index in [2.05, 4.69) is 52.7 Å². The molecule has 1 aromatic heterocycles. The van der Waals surface area contributed by atoms with Crippen molar-refractivity contribution in [3.63, 3.8) is 0 Å². The van der Waals surface area contributed by atoms with E-state index in [0.29, 0.717) is 18.3 Å². The van der Waals surface area contributed by atoms with Gasteiger partial charge >= 0.3 is 5.97 Å². The van der Waals surface area contributed by atoms with E-state index < -0.39 is 0 Å². The zero-order valence-electron chi connectivity index (χ0n) is 20.0. The van der Waals surface area contributed by atoms with Crippen LogP contribution >= 0.6 is 0 Å². The van der Waals surface area contributed by atoms with Crippen LogP contribution in [0.3, 0.4) is 0 Å². The molecule has 1 fully saturated rings. The summed E-state index contributed by atoms with van der Waals surface area (Å²) in [5, 5.41) is 7.80. The van der Waals surface area contributed by atoms with Crippen LogP contribution in [-0.4, -0.2) is 28.8 Å². The second-order valence-electron chi connectivity index (χ2n) is 9.00. The van der Waals surface area contributed by atoms with E-state index in [1.807, 2.05) is 49.4 Å². The largest absolute Gasteiger partial charge is 0.466 e. The van der Waals surface area contributed by atoms with E-state index in [-0.39, 0.29) is 17.9 Å². The van der Waals surface area contributed by atoms with Gasteiger partial charge < -0.3 is 14.6 Å². The van der Waals surface area contributed by atoms with Crippen molar-refractivity contribution in [1.29, 1.82) is 0 Å². The van der Waals surface area contributed by atoms with Gasteiger partial charge in [0.15, 0.2) is 0 Å². The highest BCUT2D eigenvalue weighted by Crippen LogP contribution is 2.32. The lowest BCUT2D eigenvalue weighted by molar-refractivity contribution is -0.147. The fourth-order valence-corrected chi connectivity index (χ4v) is 4.67. The Morgan fingerprint density at radius 2 is 1.69 bits per heavy atom. The molecule has 178 valence electrons. The predicted octanol–water partition coefficient (Wildman–Crippen LogP) is 6.52. The van der Waals surface area contributed by atoms with Crippen LogP contribution < -0.4 is 5.32 Å². The summed E-state index contributed by atoms with van der Waals surface area (Å²) in [7, 11) is 0. The van der Waals surface area contributed by atoms with Gasteiger partial charge in [-0.15, -0.1) is 0 Å². The van der Waals surface area contributed by atoms with E-state index in [1.165, 1.54) is 5.56 Å². The van der Waals surface area contributed by atoms with Crippen LogP contribution in [0.25, 0.3) is 34.0 Å². The highest BCUT2D eigenvalue weighted by Gasteiger charge is 2.31. The summed E-state index contributed by atoms with van der Waals surface area (Å²) >= 11 is 0. The minimum Gasteiger partial charge on any atom is -0.466 e. The van der Waals surface area contributed by atoms with Gasteiger partial charge in [-0.05, 0) is 80.1 Å². The number of aryl methyl sites for hydroxylation is 1. The van der Waals surface area contributed by atoms with Crippen molar-refractivity contribution < 1.29 is 14.1 Å². The summed E-state index contributed by atoms with van der Waals surface area (Å²) in [5.74, 6) is 0.971. The molecule has 1 saturated carbocycles. The zero-order chi connectivity index (χ0) is 24.2. The molecule has 35 heavy (non-hydrogen) atoms. The first-order valence-corrected chi connectivity index (χ1v) is 12.1. The number of hydrogen-bond donors (Lipinski definition) is 1. The van der Waals surface area contributed by atoms with Crippen molar-refractivity contribution in [2.75, 3.05) is 11.9 Å². The Balaban J connectivity index is 1.26. The first-order chi connectivity index (χ1) is 17.1. The Morgan fingerprint density at radius 3 is 2.43 bits per heavy atom. The predicted molar refractivity (Wildman–Crippen MR) is 137 cm³/mol. The number of carbonyl (C=O) groups excluding carboxylic acids is 1. The third-order valence-electron chi connectivity index (χ3n) is 6.56. The first-order valence-electron chi connectivity index (χ1n) is 12.1. The van der Waals surface area contributed by atoms with Gasteiger partial charge in [-0.25, -0.2) is 0 Å². The molecular weight excluding hydrogens is 438 g/mol. The first kappa shape index (κ1) is 22.8. The van der Waals surface area contributed by atoms with E-state index in [1.54, 1.807) is 0 Å². The van der Waals surface area contributed by atoms with E-state index in [0.717, 1.165) is 47.2 Å². The SMILES string of the molecule is CCOC(=O)C1CCC(Nc2ccc(-c3noc(-c4ccc(-c5ccccc5)cc4)n3)cc2C)C1. The van der Waals surface area contributed by atoms with Gasteiger partial charge in [-0.3, -0.25) is 4.79 Å². The van der Waals surface area contributed by atoms with Crippen molar-refractivity contribution in [2.24, 2.45) is 5.92 Å². The van der Waals surface area contributed by atoms with Gasteiger partial charge in [0.25, 0.3) is 5.89 Å². The molecule has 0 spiro atoms. The number of ether oxygens (including phenoxy) is 1. The number of aromatic nitrogens is 2. The molecule has 0 radical (unpaired) electrons. The number of nitrogens with one attached hydrogen (secondary N) is 1.